The second kappa shape index (κ2) is 15.3. The number of alkyl halides is 1. The lowest BCUT2D eigenvalue weighted by Crippen LogP contribution is -2.45. The molecule has 310 valence electrons. The van der Waals surface area contributed by atoms with Gasteiger partial charge < -0.3 is 39.5 Å². The molecule has 25 heteroatoms. The van der Waals surface area contributed by atoms with Crippen molar-refractivity contribution in [3.05, 3.63) is 49.1 Å². The fourth-order valence-electron chi connectivity index (χ4n) is 6.55. The van der Waals surface area contributed by atoms with Crippen LogP contribution in [0.4, 0.5) is 16.3 Å². The van der Waals surface area contributed by atoms with Crippen molar-refractivity contribution < 1.29 is 59.6 Å². The molecule has 3 aliphatic heterocycles. The van der Waals surface area contributed by atoms with Gasteiger partial charge >= 0.3 is 15.6 Å². The highest BCUT2D eigenvalue weighted by Gasteiger charge is 2.62. The first kappa shape index (κ1) is 39.8. The van der Waals surface area contributed by atoms with Crippen LogP contribution in [-0.4, -0.2) is 95.6 Å². The average Bonchev–Trinajstić information content (AvgIpc) is 3.85. The molecule has 58 heavy (non-hydrogen) atoms. The number of hydrogen-bond donors (Lipinski definition) is 2. The number of phosphoric acid groups is 2. The summed E-state index contributed by atoms with van der Waals surface area (Å²) >= 11 is 0. The molecule has 7 heterocycles. The molecule has 8 unspecified atom stereocenters. The van der Waals surface area contributed by atoms with E-state index in [-0.39, 0.29) is 72.9 Å². The number of anilines is 2. The smallest absolute Gasteiger partial charge is 0.476 e. The summed E-state index contributed by atoms with van der Waals surface area (Å²) < 4.78 is 104. The zero-order chi connectivity index (χ0) is 41.0. The Labute approximate surface area is 329 Å². The molecule has 22 nitrogen and oxygen atoms in total. The van der Waals surface area contributed by atoms with Crippen LogP contribution in [-0.2, 0) is 43.4 Å². The molecular weight excluding hydrogens is 809 g/mol. The Morgan fingerprint density at radius 1 is 0.897 bits per heavy atom. The highest BCUT2D eigenvalue weighted by Crippen LogP contribution is 2.60. The maximum Gasteiger partial charge on any atom is 0.530 e. The van der Waals surface area contributed by atoms with E-state index in [4.69, 9.17) is 57.6 Å². The third kappa shape index (κ3) is 7.55. The van der Waals surface area contributed by atoms with Gasteiger partial charge in [0.1, 0.15) is 42.6 Å². The van der Waals surface area contributed by atoms with Crippen LogP contribution in [0.15, 0.2) is 49.1 Å². The normalized spacial score (nSPS) is 29.6. The molecule has 0 saturated carbocycles. The molecule has 0 aliphatic carbocycles. The van der Waals surface area contributed by atoms with Crippen LogP contribution in [0.2, 0.25) is 0 Å². The van der Waals surface area contributed by atoms with Crippen LogP contribution >= 0.6 is 15.6 Å². The number of rotatable bonds is 13. The van der Waals surface area contributed by atoms with Gasteiger partial charge in [0.25, 0.3) is 0 Å². The summed E-state index contributed by atoms with van der Waals surface area (Å²) in [6.07, 6.45) is -2.51. The van der Waals surface area contributed by atoms with E-state index in [1.54, 1.807) is 18.4 Å². The molecule has 4 N–H and O–H groups in total. The Morgan fingerprint density at radius 3 is 2.09 bits per heavy atom. The molecule has 8 atom stereocenters. The predicted octanol–water partition coefficient (Wildman–Crippen LogP) is 4.68. The van der Waals surface area contributed by atoms with Gasteiger partial charge in [-0.1, -0.05) is 6.58 Å². The molecule has 0 amide bonds. The van der Waals surface area contributed by atoms with Gasteiger partial charge in [-0.25, -0.2) is 23.5 Å². The molecular formula is C33H39FN10O12P2. The van der Waals surface area contributed by atoms with Crippen molar-refractivity contribution in [2.24, 2.45) is 0 Å². The quantitative estimate of drug-likeness (QED) is 0.120. The van der Waals surface area contributed by atoms with E-state index in [2.05, 4.69) is 36.5 Å². The van der Waals surface area contributed by atoms with Gasteiger partial charge in [-0.05, 0) is 57.5 Å². The zero-order valence-corrected chi connectivity index (χ0v) is 33.3. The lowest BCUT2D eigenvalue weighted by molar-refractivity contribution is -0.0971. The van der Waals surface area contributed by atoms with Crippen molar-refractivity contribution >= 4 is 49.9 Å². The maximum absolute atomic E-state index is 16.6. The molecule has 3 saturated heterocycles. The van der Waals surface area contributed by atoms with E-state index < -0.39 is 52.0 Å². The fraction of sp³-hybridized carbons (Fsp3) is 0.455. The molecule has 3 aliphatic rings. The molecule has 1 aromatic carbocycles. The fourth-order valence-corrected chi connectivity index (χ4v) is 9.49. The SMILES string of the molecule is C=C(C)C1OP(=O)(Oc2ccc(OP3(=O)OCC4OC(n5cnc6c(OCC)nc(N)nc65)C(C)(F)C4O3)cc2)OCC1OCn1cnc2c(OCC)nc(N)nc21. The van der Waals surface area contributed by atoms with Crippen molar-refractivity contribution in [2.45, 2.75) is 70.7 Å². The predicted molar refractivity (Wildman–Crippen MR) is 199 cm³/mol. The first-order valence-electron chi connectivity index (χ1n) is 17.9. The number of imidazole rings is 2. The van der Waals surface area contributed by atoms with Crippen LogP contribution < -0.4 is 30.0 Å². The van der Waals surface area contributed by atoms with Crippen LogP contribution in [0.1, 0.15) is 33.9 Å². The van der Waals surface area contributed by atoms with Gasteiger partial charge in [0.2, 0.25) is 23.7 Å². The van der Waals surface area contributed by atoms with Gasteiger partial charge in [0, 0.05) is 0 Å². The number of nitrogens with two attached hydrogens (primary N) is 2. The van der Waals surface area contributed by atoms with E-state index in [1.165, 1.54) is 48.4 Å². The topological polar surface area (TPSA) is 266 Å². The molecule has 0 radical (unpaired) electrons. The van der Waals surface area contributed by atoms with E-state index >= 15 is 4.39 Å². The second-order valence-electron chi connectivity index (χ2n) is 13.4. The third-order valence-electron chi connectivity index (χ3n) is 9.14. The Balaban J connectivity index is 0.897. The zero-order valence-electron chi connectivity index (χ0n) is 31.5. The van der Waals surface area contributed by atoms with Crippen molar-refractivity contribution in [1.82, 2.24) is 39.0 Å². The van der Waals surface area contributed by atoms with Crippen molar-refractivity contribution in [2.75, 3.05) is 37.9 Å². The summed E-state index contributed by atoms with van der Waals surface area (Å²) in [5, 5.41) is 0. The summed E-state index contributed by atoms with van der Waals surface area (Å²) in [4.78, 5) is 25.2. The lowest BCUT2D eigenvalue weighted by Gasteiger charge is -2.35. The van der Waals surface area contributed by atoms with Gasteiger partial charge in [-0.3, -0.25) is 27.2 Å². The number of nitrogens with zero attached hydrogens (tertiary/aromatic N) is 8. The van der Waals surface area contributed by atoms with Crippen LogP contribution in [0.5, 0.6) is 23.3 Å². The van der Waals surface area contributed by atoms with E-state index in [0.717, 1.165) is 0 Å². The van der Waals surface area contributed by atoms with Gasteiger partial charge in [-0.15, -0.1) is 0 Å². The standard InChI is InChI=1S/C33H39FN10O12P2/c1-6-47-28-22-26(39-31(35)41-28)43(14-37-22)16-49-20-12-50-57(45,55-24(20)17(3)4)53-18-8-10-19(11-9-18)54-58(46)51-13-21-25(56-58)33(5,34)30(52-21)44-15-38-23-27(44)40-32(36)42-29(23)48-7-2/h8-11,14-15,20-21,24-25,30H,3,6-7,12-13,16H2,1-2,4-5H3,(H2,35,39,41)(H2,36,40,42). The minimum Gasteiger partial charge on any atom is -0.476 e. The van der Waals surface area contributed by atoms with Gasteiger partial charge in [-0.2, -0.15) is 19.9 Å². The third-order valence-corrected chi connectivity index (χ3v) is 11.9. The van der Waals surface area contributed by atoms with Crippen LogP contribution in [0, 0.1) is 0 Å². The van der Waals surface area contributed by atoms with Crippen molar-refractivity contribution in [3.63, 3.8) is 0 Å². The molecule has 4 aromatic heterocycles. The van der Waals surface area contributed by atoms with E-state index in [9.17, 15) is 9.13 Å². The number of fused-ring (bicyclic) bond motifs is 3. The number of halogens is 1. The number of phosphoric ester groups is 2. The van der Waals surface area contributed by atoms with Crippen LogP contribution in [0.25, 0.3) is 22.3 Å². The molecule has 5 aromatic rings. The van der Waals surface area contributed by atoms with E-state index in [0.29, 0.717) is 23.3 Å². The number of benzene rings is 1. The Morgan fingerprint density at radius 2 is 1.47 bits per heavy atom. The summed E-state index contributed by atoms with van der Waals surface area (Å²) in [7, 11) is -8.61. The largest absolute Gasteiger partial charge is 0.530 e. The van der Waals surface area contributed by atoms with Crippen molar-refractivity contribution in [1.29, 1.82) is 0 Å². The first-order valence-corrected chi connectivity index (χ1v) is 20.8. The van der Waals surface area contributed by atoms with E-state index in [1.807, 2.05) is 6.92 Å². The summed E-state index contributed by atoms with van der Waals surface area (Å²) in [6, 6.07) is 5.45. The molecule has 3 fully saturated rings. The van der Waals surface area contributed by atoms with Gasteiger partial charge in [0.05, 0.1) is 39.1 Å². The van der Waals surface area contributed by atoms with Crippen LogP contribution in [0.3, 0.4) is 0 Å². The Kier molecular flexibility index (Phi) is 10.5. The second-order valence-corrected chi connectivity index (χ2v) is 16.5. The highest BCUT2D eigenvalue weighted by atomic mass is 31.2. The maximum atomic E-state index is 16.6. The summed E-state index contributed by atoms with van der Waals surface area (Å²) in [5.74, 6) is 0.324. The molecule has 8 rings (SSSR count). The van der Waals surface area contributed by atoms with Crippen molar-refractivity contribution in [3.8, 4) is 23.3 Å². The summed E-state index contributed by atoms with van der Waals surface area (Å²) in [6.45, 7) is 10.5. The number of ether oxygens (including phenoxy) is 4. The Hall–Kier alpha value is -4.99. The number of hydrogen-bond acceptors (Lipinski definition) is 20. The minimum atomic E-state index is -4.40. The molecule has 0 spiro atoms. The minimum absolute atomic E-state index is 0.000950. The first-order chi connectivity index (χ1) is 27.7. The highest BCUT2D eigenvalue weighted by molar-refractivity contribution is 7.49. The lowest BCUT2D eigenvalue weighted by atomic mass is 9.98. The average molecular weight is 849 g/mol. The summed E-state index contributed by atoms with van der Waals surface area (Å²) in [5.41, 5.74) is 11.2. The Bertz CT molecular complexity index is 2450. The van der Waals surface area contributed by atoms with Gasteiger partial charge in [0.15, 0.2) is 34.2 Å². The monoisotopic (exact) mass is 848 g/mol. The molecule has 0 bridgehead atoms. The number of nitrogen functional groups attached to an aromatic ring is 2. The number of aromatic nitrogens is 8.